The van der Waals surface area contributed by atoms with Crippen LogP contribution in [0.2, 0.25) is 0 Å². The van der Waals surface area contributed by atoms with Gasteiger partial charge in [0.1, 0.15) is 0 Å². The van der Waals surface area contributed by atoms with Crippen LogP contribution in [0.3, 0.4) is 0 Å². The van der Waals surface area contributed by atoms with E-state index in [1.807, 2.05) is 0 Å². The van der Waals surface area contributed by atoms with E-state index in [1.54, 1.807) is 11.3 Å². The summed E-state index contributed by atoms with van der Waals surface area (Å²) in [5.74, 6) is 0.151. The van der Waals surface area contributed by atoms with E-state index in [0.29, 0.717) is 13.0 Å². The second kappa shape index (κ2) is 8.32. The maximum Gasteiger partial charge on any atom is 0.221 e. The Morgan fingerprint density at radius 3 is 2.50 bits per heavy atom. The zero-order valence-electron chi connectivity index (χ0n) is 13.9. The molecule has 3 N–H and O–H groups in total. The van der Waals surface area contributed by atoms with Gasteiger partial charge >= 0.3 is 0 Å². The molecule has 126 valence electrons. The molecule has 2 rings (SSSR count). The van der Waals surface area contributed by atoms with Crippen molar-refractivity contribution in [2.45, 2.75) is 65.3 Å². The molecule has 0 bridgehead atoms. The maximum atomic E-state index is 12.4. The Morgan fingerprint density at radius 2 is 2.00 bits per heavy atom. The number of hydrogen-bond donors (Lipinski definition) is 2. The minimum atomic E-state index is 0. The van der Waals surface area contributed by atoms with Gasteiger partial charge in [-0.3, -0.25) is 4.79 Å². The van der Waals surface area contributed by atoms with Gasteiger partial charge in [0.15, 0.2) is 0 Å². The van der Waals surface area contributed by atoms with Crippen LogP contribution in [0.15, 0.2) is 6.07 Å². The van der Waals surface area contributed by atoms with Crippen molar-refractivity contribution in [2.24, 2.45) is 11.1 Å². The quantitative estimate of drug-likeness (QED) is 0.838. The van der Waals surface area contributed by atoms with Crippen LogP contribution >= 0.6 is 23.7 Å². The van der Waals surface area contributed by atoms with Crippen LogP contribution in [0.1, 0.15) is 66.8 Å². The summed E-state index contributed by atoms with van der Waals surface area (Å²) in [6.45, 7) is 6.94. The van der Waals surface area contributed by atoms with Crippen molar-refractivity contribution in [3.8, 4) is 0 Å². The predicted molar refractivity (Wildman–Crippen MR) is 96.8 cm³/mol. The zero-order valence-corrected chi connectivity index (χ0v) is 15.5. The zero-order chi connectivity index (χ0) is 15.5. The first-order valence-electron chi connectivity index (χ1n) is 8.02. The van der Waals surface area contributed by atoms with Gasteiger partial charge in [-0.1, -0.05) is 19.3 Å². The third-order valence-electron chi connectivity index (χ3n) is 4.81. The highest BCUT2D eigenvalue weighted by Crippen LogP contribution is 2.38. The largest absolute Gasteiger partial charge is 0.350 e. The molecule has 1 aromatic rings. The molecule has 1 saturated carbocycles. The van der Waals surface area contributed by atoms with Crippen molar-refractivity contribution in [3.63, 3.8) is 0 Å². The molecule has 1 aliphatic rings. The van der Waals surface area contributed by atoms with E-state index in [0.717, 1.165) is 12.8 Å². The summed E-state index contributed by atoms with van der Waals surface area (Å²) in [6, 6.07) is 2.27. The normalized spacial score (nSPS) is 18.4. The molecule has 3 nitrogen and oxygen atoms in total. The van der Waals surface area contributed by atoms with E-state index < -0.39 is 0 Å². The van der Waals surface area contributed by atoms with Crippen molar-refractivity contribution in [1.82, 2.24) is 5.32 Å². The van der Waals surface area contributed by atoms with E-state index in [4.69, 9.17) is 5.73 Å². The van der Waals surface area contributed by atoms with Crippen LogP contribution in [0.5, 0.6) is 0 Å². The number of rotatable bonds is 5. The number of thiophene rings is 1. The second-order valence-electron chi connectivity index (χ2n) is 6.60. The Labute approximate surface area is 144 Å². The van der Waals surface area contributed by atoms with Crippen molar-refractivity contribution in [3.05, 3.63) is 21.4 Å². The molecule has 1 unspecified atom stereocenters. The number of nitrogens with one attached hydrogen (secondary N) is 1. The molecular formula is C17H29ClN2OS. The van der Waals surface area contributed by atoms with Gasteiger partial charge in [0.2, 0.25) is 5.91 Å². The minimum Gasteiger partial charge on any atom is -0.350 e. The molecule has 0 spiro atoms. The molecule has 1 aromatic heterocycles. The van der Waals surface area contributed by atoms with E-state index in [-0.39, 0.29) is 29.8 Å². The number of carbonyl (C=O) groups excluding carboxylic acids is 1. The first-order chi connectivity index (χ1) is 9.96. The van der Waals surface area contributed by atoms with Crippen LogP contribution in [0.4, 0.5) is 0 Å². The van der Waals surface area contributed by atoms with Gasteiger partial charge in [-0.05, 0) is 57.2 Å². The third-order valence-corrected chi connectivity index (χ3v) is 5.79. The molecule has 1 heterocycles. The van der Waals surface area contributed by atoms with Crippen LogP contribution in [0.25, 0.3) is 0 Å². The van der Waals surface area contributed by atoms with E-state index >= 15 is 0 Å². The van der Waals surface area contributed by atoms with Gasteiger partial charge in [-0.25, -0.2) is 0 Å². The highest BCUT2D eigenvalue weighted by atomic mass is 35.5. The molecule has 1 amide bonds. The molecule has 0 aliphatic heterocycles. The summed E-state index contributed by atoms with van der Waals surface area (Å²) in [6.07, 6.45) is 6.48. The Hall–Kier alpha value is -0.580. The fourth-order valence-electron chi connectivity index (χ4n) is 3.55. The number of amides is 1. The van der Waals surface area contributed by atoms with Crippen LogP contribution in [0, 0.1) is 19.3 Å². The molecule has 0 saturated heterocycles. The molecule has 1 atom stereocenters. The highest BCUT2D eigenvalue weighted by Gasteiger charge is 2.33. The van der Waals surface area contributed by atoms with Gasteiger partial charge < -0.3 is 11.1 Å². The lowest BCUT2D eigenvalue weighted by atomic mass is 9.71. The summed E-state index contributed by atoms with van der Waals surface area (Å²) < 4.78 is 0. The summed E-state index contributed by atoms with van der Waals surface area (Å²) in [5, 5.41) is 3.17. The molecule has 0 aromatic carbocycles. The number of carbonyl (C=O) groups is 1. The third kappa shape index (κ3) is 4.71. The Kier molecular flexibility index (Phi) is 7.36. The average molecular weight is 345 g/mol. The first kappa shape index (κ1) is 19.5. The number of hydrogen-bond acceptors (Lipinski definition) is 3. The number of aryl methyl sites for hydroxylation is 2. The number of nitrogens with two attached hydrogens (primary N) is 1. The van der Waals surface area contributed by atoms with Crippen molar-refractivity contribution in [1.29, 1.82) is 0 Å². The Balaban J connectivity index is 0.00000242. The lowest BCUT2D eigenvalue weighted by Crippen LogP contribution is -2.39. The topological polar surface area (TPSA) is 55.1 Å². The lowest BCUT2D eigenvalue weighted by molar-refractivity contribution is -0.124. The van der Waals surface area contributed by atoms with Crippen molar-refractivity contribution in [2.75, 3.05) is 6.54 Å². The van der Waals surface area contributed by atoms with Gasteiger partial charge in [-0.2, -0.15) is 0 Å². The monoisotopic (exact) mass is 344 g/mol. The first-order valence-corrected chi connectivity index (χ1v) is 8.84. The van der Waals surface area contributed by atoms with Gasteiger partial charge in [0.05, 0.1) is 6.04 Å². The molecule has 5 heteroatoms. The SMILES string of the molecule is Cc1cc(C(C)NC(=O)CC2(CN)CCCCC2)c(C)s1.Cl. The Bertz CT molecular complexity index is 495. The second-order valence-corrected chi connectivity index (χ2v) is 8.06. The van der Waals surface area contributed by atoms with E-state index in [9.17, 15) is 4.79 Å². The molecule has 1 fully saturated rings. The highest BCUT2D eigenvalue weighted by molar-refractivity contribution is 7.12. The Morgan fingerprint density at radius 1 is 1.36 bits per heavy atom. The summed E-state index contributed by atoms with van der Waals surface area (Å²) in [5.41, 5.74) is 7.27. The fraction of sp³-hybridized carbons (Fsp3) is 0.706. The minimum absolute atomic E-state index is 0. The standard InChI is InChI=1S/C17H28N2OS.ClH/c1-12-9-15(14(3)21-12)13(2)19-16(20)10-17(11-18)7-5-4-6-8-17;/h9,13H,4-8,10-11,18H2,1-3H3,(H,19,20);1H. The van der Waals surface area contributed by atoms with Crippen LogP contribution < -0.4 is 11.1 Å². The molecular weight excluding hydrogens is 316 g/mol. The van der Waals surface area contributed by atoms with Crippen LogP contribution in [-0.4, -0.2) is 12.5 Å². The molecule has 0 radical (unpaired) electrons. The van der Waals surface area contributed by atoms with Gasteiger partial charge in [0, 0.05) is 16.2 Å². The lowest BCUT2D eigenvalue weighted by Gasteiger charge is -2.36. The summed E-state index contributed by atoms with van der Waals surface area (Å²) >= 11 is 1.79. The molecule has 1 aliphatic carbocycles. The smallest absolute Gasteiger partial charge is 0.221 e. The predicted octanol–water partition coefficient (Wildman–Crippen LogP) is 4.26. The fourth-order valence-corrected chi connectivity index (χ4v) is 4.57. The van der Waals surface area contributed by atoms with Crippen LogP contribution in [-0.2, 0) is 4.79 Å². The van der Waals surface area contributed by atoms with E-state index in [1.165, 1.54) is 34.6 Å². The van der Waals surface area contributed by atoms with Gasteiger partial charge in [-0.15, -0.1) is 23.7 Å². The summed E-state index contributed by atoms with van der Waals surface area (Å²) in [4.78, 5) is 15.0. The van der Waals surface area contributed by atoms with E-state index in [2.05, 4.69) is 32.2 Å². The average Bonchev–Trinajstić information content (AvgIpc) is 2.78. The van der Waals surface area contributed by atoms with Gasteiger partial charge in [0.25, 0.3) is 0 Å². The molecule has 22 heavy (non-hydrogen) atoms. The number of halogens is 1. The van der Waals surface area contributed by atoms with Crippen molar-refractivity contribution < 1.29 is 4.79 Å². The maximum absolute atomic E-state index is 12.4. The summed E-state index contributed by atoms with van der Waals surface area (Å²) in [7, 11) is 0. The van der Waals surface area contributed by atoms with Crippen molar-refractivity contribution >= 4 is 29.7 Å².